The fraction of sp³-hybridized carbons (Fsp3) is 0.263. The van der Waals surface area contributed by atoms with E-state index < -0.39 is 5.97 Å². The molecule has 0 radical (unpaired) electrons. The quantitative estimate of drug-likeness (QED) is 0.887. The predicted octanol–water partition coefficient (Wildman–Crippen LogP) is 2.59. The first-order chi connectivity index (χ1) is 11.5. The van der Waals surface area contributed by atoms with Crippen LogP contribution in [0.15, 0.2) is 48.5 Å². The summed E-state index contributed by atoms with van der Waals surface area (Å²) in [5.41, 5.74) is 3.20. The molecule has 1 amide bonds. The molecule has 5 nitrogen and oxygen atoms in total. The van der Waals surface area contributed by atoms with Crippen LogP contribution < -0.4 is 10.2 Å². The highest BCUT2D eigenvalue weighted by molar-refractivity contribution is 5.99. The molecule has 0 bridgehead atoms. The summed E-state index contributed by atoms with van der Waals surface area (Å²) in [5.74, 6) is -0.882. The number of carboxylic acid groups (broad SMARTS) is 1. The summed E-state index contributed by atoms with van der Waals surface area (Å²) in [6.07, 6.45) is 0.741. The Kier molecular flexibility index (Phi) is 4.62. The van der Waals surface area contributed by atoms with Gasteiger partial charge in [-0.15, -0.1) is 0 Å². The first-order valence-corrected chi connectivity index (χ1v) is 7.98. The molecule has 1 atom stereocenters. The molecule has 0 aromatic heterocycles. The van der Waals surface area contributed by atoms with Crippen molar-refractivity contribution in [3.05, 3.63) is 65.2 Å². The number of nitrogens with one attached hydrogen (secondary N) is 1. The smallest absolute Gasteiger partial charge is 0.335 e. The number of aryl methyl sites for hydroxylation is 1. The van der Waals surface area contributed by atoms with Gasteiger partial charge in [0.25, 0.3) is 0 Å². The molecule has 0 aliphatic carbocycles. The van der Waals surface area contributed by atoms with Crippen LogP contribution in [0.5, 0.6) is 0 Å². The number of hydrogen-bond donors (Lipinski definition) is 2. The van der Waals surface area contributed by atoms with Gasteiger partial charge >= 0.3 is 5.97 Å². The molecule has 24 heavy (non-hydrogen) atoms. The van der Waals surface area contributed by atoms with Gasteiger partial charge in [-0.2, -0.15) is 0 Å². The summed E-state index contributed by atoms with van der Waals surface area (Å²) in [4.78, 5) is 25.4. The monoisotopic (exact) mass is 324 g/mol. The number of rotatable bonds is 5. The second-order valence-electron chi connectivity index (χ2n) is 6.05. The van der Waals surface area contributed by atoms with Crippen LogP contribution >= 0.6 is 0 Å². The Balaban J connectivity index is 1.63. The van der Waals surface area contributed by atoms with E-state index in [1.165, 1.54) is 5.56 Å². The van der Waals surface area contributed by atoms with Gasteiger partial charge in [0, 0.05) is 18.8 Å². The number of carbonyl (C=O) groups is 2. The van der Waals surface area contributed by atoms with Crippen molar-refractivity contribution in [2.24, 2.45) is 0 Å². The van der Waals surface area contributed by atoms with Crippen molar-refractivity contribution in [2.45, 2.75) is 25.9 Å². The molecule has 1 aliphatic rings. The standard InChI is InChI=1S/C19H20N2O3/c1-13-5-7-16(8-6-13)21-10-9-17(18(21)22)20-12-14-3-2-4-15(11-14)19(23)24/h2-8,11,17,20H,9-10,12H2,1H3,(H,23,24). The van der Waals surface area contributed by atoms with Crippen LogP contribution in [0.4, 0.5) is 5.69 Å². The summed E-state index contributed by atoms with van der Waals surface area (Å²) in [6, 6.07) is 14.5. The van der Waals surface area contributed by atoms with Gasteiger partial charge in [0.2, 0.25) is 5.91 Å². The third kappa shape index (κ3) is 3.46. The predicted molar refractivity (Wildman–Crippen MR) is 92.2 cm³/mol. The van der Waals surface area contributed by atoms with E-state index >= 15 is 0 Å². The van der Waals surface area contributed by atoms with Crippen LogP contribution in [0.2, 0.25) is 0 Å². The largest absolute Gasteiger partial charge is 0.478 e. The zero-order valence-electron chi connectivity index (χ0n) is 13.5. The lowest BCUT2D eigenvalue weighted by Gasteiger charge is -2.17. The van der Waals surface area contributed by atoms with Crippen LogP contribution in [0.1, 0.15) is 27.9 Å². The Bertz CT molecular complexity index is 755. The molecule has 0 spiro atoms. The molecule has 3 rings (SSSR count). The van der Waals surface area contributed by atoms with Crippen LogP contribution in [0.3, 0.4) is 0 Å². The normalized spacial score (nSPS) is 17.3. The van der Waals surface area contributed by atoms with E-state index in [1.807, 2.05) is 37.3 Å². The third-order valence-electron chi connectivity index (χ3n) is 4.28. The minimum Gasteiger partial charge on any atom is -0.478 e. The van der Waals surface area contributed by atoms with E-state index in [2.05, 4.69) is 5.32 Å². The van der Waals surface area contributed by atoms with E-state index in [4.69, 9.17) is 5.11 Å². The van der Waals surface area contributed by atoms with E-state index in [9.17, 15) is 9.59 Å². The fourth-order valence-electron chi connectivity index (χ4n) is 2.91. The SMILES string of the molecule is Cc1ccc(N2CCC(NCc3cccc(C(=O)O)c3)C2=O)cc1. The van der Waals surface area contributed by atoms with E-state index in [1.54, 1.807) is 23.1 Å². The lowest BCUT2D eigenvalue weighted by atomic mass is 10.1. The van der Waals surface area contributed by atoms with Gasteiger partial charge in [-0.25, -0.2) is 4.79 Å². The minimum absolute atomic E-state index is 0.0632. The van der Waals surface area contributed by atoms with Gasteiger partial charge in [0.1, 0.15) is 0 Å². The number of aromatic carboxylic acids is 1. The summed E-state index contributed by atoms with van der Waals surface area (Å²) in [7, 11) is 0. The lowest BCUT2D eigenvalue weighted by molar-refractivity contribution is -0.118. The summed E-state index contributed by atoms with van der Waals surface area (Å²) in [5, 5.41) is 12.3. The third-order valence-corrected chi connectivity index (χ3v) is 4.28. The Morgan fingerprint density at radius 3 is 2.71 bits per heavy atom. The Morgan fingerprint density at radius 1 is 1.25 bits per heavy atom. The molecular weight excluding hydrogens is 304 g/mol. The van der Waals surface area contributed by atoms with Gasteiger partial charge in [0.15, 0.2) is 0 Å². The zero-order chi connectivity index (χ0) is 17.1. The molecule has 1 fully saturated rings. The number of anilines is 1. The number of nitrogens with zero attached hydrogens (tertiary/aromatic N) is 1. The van der Waals surface area contributed by atoms with E-state index in [0.29, 0.717) is 13.1 Å². The molecule has 5 heteroatoms. The van der Waals surface area contributed by atoms with Gasteiger partial charge in [-0.3, -0.25) is 4.79 Å². The topological polar surface area (TPSA) is 69.6 Å². The fourth-order valence-corrected chi connectivity index (χ4v) is 2.91. The molecule has 2 aromatic carbocycles. The molecule has 1 aliphatic heterocycles. The van der Waals surface area contributed by atoms with E-state index in [0.717, 1.165) is 17.7 Å². The van der Waals surface area contributed by atoms with Crippen LogP contribution in [0.25, 0.3) is 0 Å². The molecule has 1 saturated heterocycles. The Hall–Kier alpha value is -2.66. The van der Waals surface area contributed by atoms with Gasteiger partial charge < -0.3 is 15.3 Å². The molecule has 1 unspecified atom stereocenters. The lowest BCUT2D eigenvalue weighted by Crippen LogP contribution is -2.38. The summed E-state index contributed by atoms with van der Waals surface area (Å²) in [6.45, 7) is 3.18. The van der Waals surface area contributed by atoms with Crippen molar-refractivity contribution in [1.29, 1.82) is 0 Å². The van der Waals surface area contributed by atoms with Crippen molar-refractivity contribution in [1.82, 2.24) is 5.32 Å². The molecule has 2 aromatic rings. The maximum absolute atomic E-state index is 12.6. The molecule has 0 saturated carbocycles. The summed E-state index contributed by atoms with van der Waals surface area (Å²) >= 11 is 0. The maximum atomic E-state index is 12.6. The van der Waals surface area contributed by atoms with Crippen molar-refractivity contribution in [3.63, 3.8) is 0 Å². The molecule has 2 N–H and O–H groups in total. The molecular formula is C19H20N2O3. The minimum atomic E-state index is -0.945. The van der Waals surface area contributed by atoms with Crippen molar-refractivity contribution < 1.29 is 14.7 Å². The van der Waals surface area contributed by atoms with Crippen LogP contribution in [-0.4, -0.2) is 29.6 Å². The van der Waals surface area contributed by atoms with Crippen LogP contribution in [-0.2, 0) is 11.3 Å². The first-order valence-electron chi connectivity index (χ1n) is 7.98. The second-order valence-corrected chi connectivity index (χ2v) is 6.05. The van der Waals surface area contributed by atoms with Crippen molar-refractivity contribution >= 4 is 17.6 Å². The summed E-state index contributed by atoms with van der Waals surface area (Å²) < 4.78 is 0. The Morgan fingerprint density at radius 2 is 2.00 bits per heavy atom. The van der Waals surface area contributed by atoms with Gasteiger partial charge in [-0.05, 0) is 43.2 Å². The first kappa shape index (κ1) is 16.2. The van der Waals surface area contributed by atoms with Crippen molar-refractivity contribution in [3.8, 4) is 0 Å². The number of benzene rings is 2. The highest BCUT2D eigenvalue weighted by Gasteiger charge is 2.31. The van der Waals surface area contributed by atoms with E-state index in [-0.39, 0.29) is 17.5 Å². The molecule has 1 heterocycles. The second kappa shape index (κ2) is 6.84. The van der Waals surface area contributed by atoms with Crippen molar-refractivity contribution in [2.75, 3.05) is 11.4 Å². The maximum Gasteiger partial charge on any atom is 0.335 e. The zero-order valence-corrected chi connectivity index (χ0v) is 13.5. The van der Waals surface area contributed by atoms with Crippen LogP contribution in [0, 0.1) is 6.92 Å². The van der Waals surface area contributed by atoms with Gasteiger partial charge in [-0.1, -0.05) is 29.8 Å². The number of amides is 1. The average molecular weight is 324 g/mol. The highest BCUT2D eigenvalue weighted by Crippen LogP contribution is 2.22. The average Bonchev–Trinajstić information content (AvgIpc) is 2.95. The number of hydrogen-bond acceptors (Lipinski definition) is 3. The molecule has 124 valence electrons. The number of carbonyl (C=O) groups excluding carboxylic acids is 1. The number of carboxylic acids is 1. The Labute approximate surface area is 140 Å². The van der Waals surface area contributed by atoms with Gasteiger partial charge in [0.05, 0.1) is 11.6 Å². The highest BCUT2D eigenvalue weighted by atomic mass is 16.4.